The van der Waals surface area contributed by atoms with Crippen molar-refractivity contribution in [2.24, 2.45) is 5.84 Å². The second-order valence-corrected chi connectivity index (χ2v) is 6.50. The van der Waals surface area contributed by atoms with E-state index in [9.17, 15) is 21.6 Å². The number of halogens is 3. The van der Waals surface area contributed by atoms with E-state index < -0.39 is 22.7 Å². The van der Waals surface area contributed by atoms with Gasteiger partial charge in [0.15, 0.2) is 0 Å². The molecule has 0 radical (unpaired) electrons. The number of nitrogens with two attached hydrogens (primary N) is 1. The number of benzene rings is 1. The Hall–Kier alpha value is -1.32. The summed E-state index contributed by atoms with van der Waals surface area (Å²) in [7, 11) is -4.23. The van der Waals surface area contributed by atoms with Crippen LogP contribution in [0.5, 0.6) is 0 Å². The van der Waals surface area contributed by atoms with Crippen LogP contribution in [-0.4, -0.2) is 32.0 Å². The molecule has 0 aliphatic rings. The van der Waals surface area contributed by atoms with Crippen LogP contribution in [-0.2, 0) is 10.0 Å². The van der Waals surface area contributed by atoms with Crippen molar-refractivity contribution in [1.82, 2.24) is 4.31 Å². The lowest BCUT2D eigenvalue weighted by atomic mass is 10.1. The van der Waals surface area contributed by atoms with Gasteiger partial charge in [0.2, 0.25) is 10.0 Å². The zero-order valence-electron chi connectivity index (χ0n) is 12.0. The third kappa shape index (κ3) is 4.08. The zero-order valence-corrected chi connectivity index (χ0v) is 12.8. The summed E-state index contributed by atoms with van der Waals surface area (Å²) in [4.78, 5) is -0.118. The van der Waals surface area contributed by atoms with E-state index in [1.807, 2.05) is 0 Å². The summed E-state index contributed by atoms with van der Waals surface area (Å²) in [6, 6.07) is 2.95. The van der Waals surface area contributed by atoms with Crippen LogP contribution in [0.15, 0.2) is 17.0 Å². The van der Waals surface area contributed by atoms with Crippen molar-refractivity contribution in [3.8, 4) is 0 Å². The summed E-state index contributed by atoms with van der Waals surface area (Å²) in [6.45, 7) is 2.62. The van der Waals surface area contributed by atoms with Gasteiger partial charge in [-0.1, -0.05) is 6.92 Å². The molecule has 0 unspecified atom stereocenters. The van der Waals surface area contributed by atoms with E-state index in [0.717, 1.165) is 0 Å². The molecule has 0 aliphatic carbocycles. The monoisotopic (exact) mass is 325 g/mol. The molecule has 0 aromatic heterocycles. The minimum absolute atomic E-state index is 0.118. The van der Waals surface area contributed by atoms with Gasteiger partial charge < -0.3 is 5.43 Å². The van der Waals surface area contributed by atoms with Gasteiger partial charge >= 0.3 is 6.18 Å². The highest BCUT2D eigenvalue weighted by Crippen LogP contribution is 2.29. The molecule has 120 valence electrons. The van der Waals surface area contributed by atoms with E-state index in [1.54, 1.807) is 0 Å². The van der Waals surface area contributed by atoms with Crippen molar-refractivity contribution in [2.75, 3.05) is 18.5 Å². The summed E-state index contributed by atoms with van der Waals surface area (Å²) < 4.78 is 62.9. The number of hydrazine groups is 1. The minimum atomic E-state index is -4.59. The fourth-order valence-corrected chi connectivity index (χ4v) is 3.98. The summed E-state index contributed by atoms with van der Waals surface area (Å²) in [5.74, 6) is 5.26. The first-order valence-electron chi connectivity index (χ1n) is 6.17. The average Bonchev–Trinajstić information content (AvgIpc) is 2.33. The molecule has 21 heavy (non-hydrogen) atoms. The molecule has 3 N–H and O–H groups in total. The standard InChI is InChI=1S/C12H18F3N3O2S/c1-4-18(7-12(13,14)15)21(19,20)11-8(2)5-10(17-16)6-9(11)3/h5-6,17H,4,7,16H2,1-3H3. The van der Waals surface area contributed by atoms with E-state index in [4.69, 9.17) is 5.84 Å². The van der Waals surface area contributed by atoms with Crippen LogP contribution in [0.1, 0.15) is 18.1 Å². The highest BCUT2D eigenvalue weighted by molar-refractivity contribution is 7.89. The molecule has 0 fully saturated rings. The van der Waals surface area contributed by atoms with Crippen LogP contribution in [0, 0.1) is 13.8 Å². The van der Waals surface area contributed by atoms with E-state index in [1.165, 1.54) is 32.9 Å². The van der Waals surface area contributed by atoms with Crippen LogP contribution in [0.3, 0.4) is 0 Å². The fourth-order valence-electron chi connectivity index (χ4n) is 2.14. The lowest BCUT2D eigenvalue weighted by Gasteiger charge is -2.24. The smallest absolute Gasteiger partial charge is 0.324 e. The van der Waals surface area contributed by atoms with Gasteiger partial charge in [-0.2, -0.15) is 17.5 Å². The molecule has 0 aliphatic heterocycles. The molecule has 5 nitrogen and oxygen atoms in total. The number of nitrogens with one attached hydrogen (secondary N) is 1. The summed E-state index contributed by atoms with van der Waals surface area (Å²) in [5.41, 5.74) is 3.54. The van der Waals surface area contributed by atoms with Gasteiger partial charge in [-0.3, -0.25) is 5.84 Å². The Kier molecular flexibility index (Phi) is 5.24. The number of anilines is 1. The van der Waals surface area contributed by atoms with Crippen LogP contribution < -0.4 is 11.3 Å². The Morgan fingerprint density at radius 2 is 1.71 bits per heavy atom. The normalized spacial score (nSPS) is 12.8. The lowest BCUT2D eigenvalue weighted by Crippen LogP contribution is -2.39. The molecular formula is C12H18F3N3O2S. The summed E-state index contributed by atoms with van der Waals surface area (Å²) in [5, 5.41) is 0. The zero-order chi connectivity index (χ0) is 16.4. The first kappa shape index (κ1) is 17.7. The predicted molar refractivity (Wildman–Crippen MR) is 74.2 cm³/mol. The van der Waals surface area contributed by atoms with E-state index in [-0.39, 0.29) is 11.4 Å². The topological polar surface area (TPSA) is 75.4 Å². The average molecular weight is 325 g/mol. The second-order valence-electron chi connectivity index (χ2n) is 4.63. The number of rotatable bonds is 5. The Bertz CT molecular complexity index is 592. The Balaban J connectivity index is 3.36. The first-order chi connectivity index (χ1) is 9.52. The SMILES string of the molecule is CCN(CC(F)(F)F)S(=O)(=O)c1c(C)cc(NN)cc1C. The van der Waals surface area contributed by atoms with Crippen molar-refractivity contribution < 1.29 is 21.6 Å². The molecule has 1 aromatic rings. The number of aryl methyl sites for hydroxylation is 2. The molecule has 0 bridgehead atoms. The van der Waals surface area contributed by atoms with Gasteiger partial charge in [0.25, 0.3) is 0 Å². The van der Waals surface area contributed by atoms with Gasteiger partial charge in [-0.25, -0.2) is 8.42 Å². The van der Waals surface area contributed by atoms with Crippen LogP contribution in [0.25, 0.3) is 0 Å². The Morgan fingerprint density at radius 3 is 2.05 bits per heavy atom. The largest absolute Gasteiger partial charge is 0.402 e. The highest BCUT2D eigenvalue weighted by atomic mass is 32.2. The molecule has 0 amide bonds. The number of hydrogen-bond donors (Lipinski definition) is 2. The minimum Gasteiger partial charge on any atom is -0.324 e. The maximum atomic E-state index is 12.5. The fraction of sp³-hybridized carbons (Fsp3) is 0.500. The van der Waals surface area contributed by atoms with E-state index >= 15 is 0 Å². The third-order valence-corrected chi connectivity index (χ3v) is 5.16. The maximum absolute atomic E-state index is 12.5. The van der Waals surface area contributed by atoms with Crippen molar-refractivity contribution in [2.45, 2.75) is 31.8 Å². The molecular weight excluding hydrogens is 307 g/mol. The van der Waals surface area contributed by atoms with Crippen LogP contribution in [0.4, 0.5) is 18.9 Å². The molecule has 1 aromatic carbocycles. The molecule has 1 rings (SSSR count). The maximum Gasteiger partial charge on any atom is 0.402 e. The lowest BCUT2D eigenvalue weighted by molar-refractivity contribution is -0.135. The molecule has 0 spiro atoms. The number of alkyl halides is 3. The summed E-state index contributed by atoms with van der Waals surface area (Å²) >= 11 is 0. The molecule has 9 heteroatoms. The van der Waals surface area contributed by atoms with Crippen molar-refractivity contribution in [1.29, 1.82) is 0 Å². The Labute approximate surface area is 121 Å². The summed E-state index contributed by atoms with van der Waals surface area (Å²) in [6.07, 6.45) is -4.59. The van der Waals surface area contributed by atoms with Crippen molar-refractivity contribution in [3.63, 3.8) is 0 Å². The number of nitrogens with zero attached hydrogens (tertiary/aromatic N) is 1. The molecule has 0 atom stereocenters. The predicted octanol–water partition coefficient (Wildman–Crippen LogP) is 2.16. The second kappa shape index (κ2) is 6.20. The number of hydrogen-bond acceptors (Lipinski definition) is 4. The van der Waals surface area contributed by atoms with E-state index in [2.05, 4.69) is 5.43 Å². The Morgan fingerprint density at radius 1 is 1.24 bits per heavy atom. The molecule has 0 saturated carbocycles. The van der Waals surface area contributed by atoms with Gasteiger partial charge in [0, 0.05) is 12.2 Å². The van der Waals surface area contributed by atoms with Crippen molar-refractivity contribution in [3.05, 3.63) is 23.3 Å². The van der Waals surface area contributed by atoms with Gasteiger partial charge in [0.05, 0.1) is 4.90 Å². The molecule has 0 saturated heterocycles. The highest BCUT2D eigenvalue weighted by Gasteiger charge is 2.37. The molecule has 0 heterocycles. The van der Waals surface area contributed by atoms with Crippen molar-refractivity contribution >= 4 is 15.7 Å². The number of nitrogen functional groups attached to an aromatic ring is 1. The van der Waals surface area contributed by atoms with Gasteiger partial charge in [-0.05, 0) is 37.1 Å². The van der Waals surface area contributed by atoms with Crippen LogP contribution >= 0.6 is 0 Å². The third-order valence-electron chi connectivity index (χ3n) is 2.93. The quantitative estimate of drug-likeness (QED) is 0.642. The van der Waals surface area contributed by atoms with Crippen LogP contribution in [0.2, 0.25) is 0 Å². The number of sulfonamides is 1. The first-order valence-corrected chi connectivity index (χ1v) is 7.61. The van der Waals surface area contributed by atoms with E-state index in [0.29, 0.717) is 21.1 Å². The van der Waals surface area contributed by atoms with Gasteiger partial charge in [0.1, 0.15) is 6.54 Å². The van der Waals surface area contributed by atoms with Gasteiger partial charge in [-0.15, -0.1) is 0 Å².